The van der Waals surface area contributed by atoms with E-state index in [1.54, 1.807) is 0 Å². The van der Waals surface area contributed by atoms with Crippen molar-refractivity contribution in [2.24, 2.45) is 0 Å². The van der Waals surface area contributed by atoms with Crippen molar-refractivity contribution in [3.63, 3.8) is 0 Å². The highest BCUT2D eigenvalue weighted by molar-refractivity contribution is 7.21. The summed E-state index contributed by atoms with van der Waals surface area (Å²) in [6, 6.07) is 37.3. The topological polar surface area (TPSA) is 43.6 Å². The Morgan fingerprint density at radius 1 is 0.600 bits per heavy atom. The van der Waals surface area contributed by atoms with Gasteiger partial charge in [-0.2, -0.15) is 0 Å². The van der Waals surface area contributed by atoms with Gasteiger partial charge in [-0.3, -0.25) is 0 Å². The van der Waals surface area contributed by atoms with Gasteiger partial charge in [0.2, 0.25) is 0 Å². The number of nitrogens with zero attached hydrogens (tertiary/aromatic N) is 4. The van der Waals surface area contributed by atoms with E-state index < -0.39 is 0 Å². The zero-order chi connectivity index (χ0) is 30.2. The van der Waals surface area contributed by atoms with Crippen LogP contribution in [0.1, 0.15) is 16.9 Å². The van der Waals surface area contributed by atoms with Crippen LogP contribution in [0.15, 0.2) is 146 Å². The predicted octanol–water partition coefficient (Wildman–Crippen LogP) is 10.6. The third-order valence-electron chi connectivity index (χ3n) is 8.00. The van der Waals surface area contributed by atoms with Crippen LogP contribution in [-0.2, 0) is 0 Å². The van der Waals surface area contributed by atoms with Crippen molar-refractivity contribution in [3.05, 3.63) is 157 Å². The standard InChI is InChI=1S/C40H28N4S/c1-27-17-8-3-2-4-15-26-33-34(27)36-37(45-33)31-24-16-25-32(35(31)44(36)30-22-13-7-14-23-30)40-42-38(28-18-9-5-10-19-28)41-39(43-40)29-20-11-6-12-21-29/h2-3,5-26H,1,4H2/b3-2-,17-8-,26-15-. The van der Waals surface area contributed by atoms with Crippen LogP contribution in [0.25, 0.3) is 72.6 Å². The Hall–Kier alpha value is -5.65. The molecule has 5 heteroatoms. The van der Waals surface area contributed by atoms with Crippen LogP contribution < -0.4 is 0 Å². The molecule has 7 aromatic rings. The summed E-state index contributed by atoms with van der Waals surface area (Å²) in [6.07, 6.45) is 13.8. The molecule has 4 nitrogen and oxygen atoms in total. The van der Waals surface area contributed by atoms with E-state index in [4.69, 9.17) is 15.0 Å². The lowest BCUT2D eigenvalue weighted by molar-refractivity contribution is 1.07. The van der Waals surface area contributed by atoms with Crippen LogP contribution >= 0.6 is 11.3 Å². The van der Waals surface area contributed by atoms with E-state index >= 15 is 0 Å². The number of hydrogen-bond acceptors (Lipinski definition) is 4. The Balaban J connectivity index is 1.47. The molecule has 0 saturated carbocycles. The molecular formula is C40H28N4S. The van der Waals surface area contributed by atoms with Gasteiger partial charge in [-0.05, 0) is 36.3 Å². The first-order valence-electron chi connectivity index (χ1n) is 15.0. The summed E-state index contributed by atoms with van der Waals surface area (Å²) >= 11 is 1.81. The Morgan fingerprint density at radius 2 is 1.24 bits per heavy atom. The fraction of sp³-hybridized carbons (Fsp3) is 0.0250. The van der Waals surface area contributed by atoms with Crippen LogP contribution in [-0.4, -0.2) is 19.5 Å². The SMILES string of the molecule is C=C1/C=C\C=C/C/C=C\c2sc3c4cccc(-c5nc(-c6ccccc6)nc(-c6ccccc6)n5)c4n(-c4ccccc4)c3c21. The summed E-state index contributed by atoms with van der Waals surface area (Å²) in [4.78, 5) is 16.4. The largest absolute Gasteiger partial charge is 0.307 e. The van der Waals surface area contributed by atoms with Gasteiger partial charge < -0.3 is 4.57 Å². The summed E-state index contributed by atoms with van der Waals surface area (Å²) in [7, 11) is 0. The van der Waals surface area contributed by atoms with Gasteiger partial charge in [0.15, 0.2) is 17.5 Å². The molecule has 1 aliphatic carbocycles. The van der Waals surface area contributed by atoms with Gasteiger partial charge in [0.1, 0.15) is 0 Å². The first-order valence-corrected chi connectivity index (χ1v) is 15.8. The highest BCUT2D eigenvalue weighted by Crippen LogP contribution is 2.46. The number of rotatable bonds is 4. The quantitative estimate of drug-likeness (QED) is 0.203. The molecule has 4 aromatic carbocycles. The zero-order valence-corrected chi connectivity index (χ0v) is 25.3. The molecule has 0 spiro atoms. The highest BCUT2D eigenvalue weighted by Gasteiger charge is 2.25. The molecule has 3 aromatic heterocycles. The molecule has 0 amide bonds. The lowest BCUT2D eigenvalue weighted by Gasteiger charge is -2.14. The minimum atomic E-state index is 0.635. The maximum absolute atomic E-state index is 5.11. The van der Waals surface area contributed by atoms with Gasteiger partial charge in [-0.1, -0.05) is 128 Å². The van der Waals surface area contributed by atoms with Gasteiger partial charge in [0, 0.05) is 38.2 Å². The number of fused-ring (bicyclic) bond motifs is 5. The molecule has 0 aliphatic heterocycles. The van der Waals surface area contributed by atoms with E-state index in [0.717, 1.165) is 56.4 Å². The monoisotopic (exact) mass is 596 g/mol. The molecule has 214 valence electrons. The Labute approximate surface area is 265 Å². The molecule has 0 bridgehead atoms. The van der Waals surface area contributed by atoms with Crippen molar-refractivity contribution in [2.75, 3.05) is 0 Å². The number of benzene rings is 4. The normalized spacial score (nSPS) is 15.2. The predicted molar refractivity (Wildman–Crippen MR) is 189 cm³/mol. The third-order valence-corrected chi connectivity index (χ3v) is 9.18. The summed E-state index contributed by atoms with van der Waals surface area (Å²) in [5.74, 6) is 1.92. The maximum Gasteiger partial charge on any atom is 0.166 e. The number of aromatic nitrogens is 4. The molecule has 3 heterocycles. The van der Waals surface area contributed by atoms with Crippen LogP contribution in [0.5, 0.6) is 0 Å². The second-order valence-electron chi connectivity index (χ2n) is 10.9. The Morgan fingerprint density at radius 3 is 1.93 bits per heavy atom. The second kappa shape index (κ2) is 11.5. The summed E-state index contributed by atoms with van der Waals surface area (Å²) in [5, 5.41) is 1.16. The molecule has 0 unspecified atom stereocenters. The molecular weight excluding hydrogens is 569 g/mol. The van der Waals surface area contributed by atoms with Gasteiger partial charge in [0.25, 0.3) is 0 Å². The van der Waals surface area contributed by atoms with E-state index in [1.807, 2.05) is 72.0 Å². The third kappa shape index (κ3) is 4.84. The van der Waals surface area contributed by atoms with E-state index in [2.05, 4.69) is 96.1 Å². The Bertz CT molecular complexity index is 2230. The molecule has 1 aliphatic rings. The number of hydrogen-bond donors (Lipinski definition) is 0. The van der Waals surface area contributed by atoms with Crippen LogP contribution in [0.3, 0.4) is 0 Å². The minimum absolute atomic E-state index is 0.635. The maximum atomic E-state index is 5.11. The Kier molecular flexibility index (Phi) is 6.86. The minimum Gasteiger partial charge on any atom is -0.307 e. The first-order chi connectivity index (χ1) is 22.3. The lowest BCUT2D eigenvalue weighted by atomic mass is 10.0. The van der Waals surface area contributed by atoms with E-state index in [9.17, 15) is 0 Å². The molecule has 0 saturated heterocycles. The van der Waals surface area contributed by atoms with Crippen molar-refractivity contribution >= 4 is 44.1 Å². The van der Waals surface area contributed by atoms with Crippen molar-refractivity contribution in [2.45, 2.75) is 6.42 Å². The molecule has 0 atom stereocenters. The van der Waals surface area contributed by atoms with Gasteiger partial charge in [-0.25, -0.2) is 15.0 Å². The molecule has 45 heavy (non-hydrogen) atoms. The number of thiophene rings is 1. The molecule has 0 N–H and O–H groups in total. The van der Waals surface area contributed by atoms with Crippen molar-refractivity contribution in [3.8, 4) is 39.9 Å². The molecule has 8 rings (SSSR count). The van der Waals surface area contributed by atoms with E-state index in [1.165, 1.54) is 9.58 Å². The van der Waals surface area contributed by atoms with Crippen LogP contribution in [0, 0.1) is 0 Å². The number of allylic oxidation sites excluding steroid dienone is 6. The first kappa shape index (κ1) is 26.9. The van der Waals surface area contributed by atoms with Gasteiger partial charge in [-0.15, -0.1) is 11.3 Å². The summed E-state index contributed by atoms with van der Waals surface area (Å²) in [6.45, 7) is 4.53. The second-order valence-corrected chi connectivity index (χ2v) is 11.9. The smallest absolute Gasteiger partial charge is 0.166 e. The average Bonchev–Trinajstić information content (AvgIpc) is 3.63. The van der Waals surface area contributed by atoms with Crippen molar-refractivity contribution in [1.82, 2.24) is 19.5 Å². The molecule has 0 fully saturated rings. The highest BCUT2D eigenvalue weighted by atomic mass is 32.1. The molecule has 0 radical (unpaired) electrons. The van der Waals surface area contributed by atoms with Crippen molar-refractivity contribution < 1.29 is 0 Å². The summed E-state index contributed by atoms with van der Waals surface area (Å²) in [5.41, 5.74) is 8.25. The van der Waals surface area contributed by atoms with Gasteiger partial charge in [0.05, 0.1) is 15.7 Å². The fourth-order valence-electron chi connectivity index (χ4n) is 5.95. The van der Waals surface area contributed by atoms with E-state index in [-0.39, 0.29) is 0 Å². The fourth-order valence-corrected chi connectivity index (χ4v) is 7.23. The zero-order valence-electron chi connectivity index (χ0n) is 24.5. The summed E-state index contributed by atoms with van der Waals surface area (Å²) < 4.78 is 3.59. The lowest BCUT2D eigenvalue weighted by Crippen LogP contribution is -2.02. The van der Waals surface area contributed by atoms with Crippen LogP contribution in [0.4, 0.5) is 0 Å². The van der Waals surface area contributed by atoms with Gasteiger partial charge >= 0.3 is 0 Å². The van der Waals surface area contributed by atoms with Crippen LogP contribution in [0.2, 0.25) is 0 Å². The van der Waals surface area contributed by atoms with E-state index in [0.29, 0.717) is 17.5 Å². The van der Waals surface area contributed by atoms with Crippen molar-refractivity contribution in [1.29, 1.82) is 0 Å². The number of para-hydroxylation sites is 2. The average molecular weight is 597 g/mol.